The van der Waals surface area contributed by atoms with Gasteiger partial charge in [0.15, 0.2) is 0 Å². The molecule has 0 atom stereocenters. The Morgan fingerprint density at radius 2 is 2.50 bits per heavy atom. The monoisotopic (exact) mass is 81.1 g/mol. The third kappa shape index (κ3) is 0.739. The Morgan fingerprint density at radius 1 is 1.67 bits per heavy atom. The van der Waals surface area contributed by atoms with Crippen molar-refractivity contribution < 1.29 is 0 Å². The molecule has 3 nitrogen and oxygen atoms in total. The Kier molecular flexibility index (Phi) is 1.14. The fourth-order valence-corrected chi connectivity index (χ4v) is 0.325. The summed E-state index contributed by atoms with van der Waals surface area (Å²) in [5.41, 5.74) is 0. The van der Waals surface area contributed by atoms with E-state index >= 15 is 0 Å². The molecule has 1 fully saturated rings. The fourth-order valence-electron chi connectivity index (χ4n) is 0.325. The molecule has 1 aliphatic rings. The number of nitrogens with zero attached hydrogens (tertiary/aromatic N) is 1. The molecule has 0 saturated carbocycles. The van der Waals surface area contributed by atoms with Gasteiger partial charge < -0.3 is 5.14 Å². The lowest BCUT2D eigenvalue weighted by Gasteiger charge is -2.01. The number of hydrazine groups is 1. The van der Waals surface area contributed by atoms with Crippen molar-refractivity contribution in [2.24, 2.45) is 0 Å². The summed E-state index contributed by atoms with van der Waals surface area (Å²) in [4.78, 5) is 1.82. The van der Waals surface area contributed by atoms with Gasteiger partial charge in [0.25, 0.3) is 0 Å². The van der Waals surface area contributed by atoms with Gasteiger partial charge in [-0.1, -0.05) is 0 Å². The fraction of sp³-hybridized carbons (Fsp3) is 1.00. The maximum atomic E-state index is 2.86. The van der Waals surface area contributed by atoms with Crippen LogP contribution in [0.2, 0.25) is 0 Å². The zero-order valence-electron chi connectivity index (χ0n) is 3.60. The Bertz CT molecular complexity index is 42.1. The average molecular weight is 80.7 g/mol. The Labute approximate surface area is 38.6 Å². The van der Waals surface area contributed by atoms with E-state index in [-0.39, 0.29) is 0 Å². The molecular formula is CH5B2N3. The van der Waals surface area contributed by atoms with Crippen LogP contribution in [0.4, 0.5) is 0 Å². The molecule has 0 bridgehead atoms. The largest absolute Gasteiger partial charge is 0.376 e. The Balaban J connectivity index is 2.18. The molecule has 0 aromatic rings. The lowest BCUT2D eigenvalue weighted by molar-refractivity contribution is 0.517. The second-order valence-electron chi connectivity index (χ2n) is 1.18. The van der Waals surface area contributed by atoms with E-state index in [1.165, 1.54) is 0 Å². The molecule has 0 aromatic heterocycles. The molecule has 6 heavy (non-hydrogen) atoms. The van der Waals surface area contributed by atoms with Crippen molar-refractivity contribution in [1.29, 1.82) is 0 Å². The maximum Gasteiger partial charge on any atom is 0.312 e. The highest BCUT2D eigenvalue weighted by atomic mass is 15.5. The van der Waals surface area contributed by atoms with Crippen molar-refractivity contribution >= 4 is 15.1 Å². The van der Waals surface area contributed by atoms with Gasteiger partial charge in [0.1, 0.15) is 0 Å². The third-order valence-corrected chi connectivity index (χ3v) is 0.620. The first kappa shape index (κ1) is 4.18. The molecule has 0 aliphatic carbocycles. The van der Waals surface area contributed by atoms with Gasteiger partial charge in [-0.25, -0.2) is 0 Å². The lowest BCUT2D eigenvalue weighted by atomic mass is 10.1. The van der Waals surface area contributed by atoms with Crippen molar-refractivity contribution in [3.05, 3.63) is 0 Å². The predicted octanol–water partition coefficient (Wildman–Crippen LogP) is -1.91. The van der Waals surface area contributed by atoms with E-state index in [1.54, 1.807) is 7.55 Å². The summed E-state index contributed by atoms with van der Waals surface area (Å²) in [6.07, 6.45) is 0. The van der Waals surface area contributed by atoms with Crippen molar-refractivity contribution in [3.63, 3.8) is 0 Å². The van der Waals surface area contributed by atoms with E-state index in [1.807, 2.05) is 19.5 Å². The molecule has 5 heteroatoms. The molecule has 1 saturated heterocycles. The first-order valence-electron chi connectivity index (χ1n) is 1.80. The molecular weight excluding hydrogens is 75.7 g/mol. The van der Waals surface area contributed by atoms with E-state index in [4.69, 9.17) is 0 Å². The van der Waals surface area contributed by atoms with Gasteiger partial charge in [0, 0.05) is 0 Å². The number of nitrogens with one attached hydrogen (secondary N) is 2. The van der Waals surface area contributed by atoms with Crippen LogP contribution in [0.1, 0.15) is 0 Å². The summed E-state index contributed by atoms with van der Waals surface area (Å²) in [6, 6.07) is 0. The van der Waals surface area contributed by atoms with Crippen LogP contribution in [0.5, 0.6) is 0 Å². The second kappa shape index (κ2) is 1.64. The van der Waals surface area contributed by atoms with Gasteiger partial charge in [-0.05, 0) is 7.05 Å². The third-order valence-electron chi connectivity index (χ3n) is 0.620. The minimum atomic E-state index is 1.75. The average Bonchev–Trinajstić information content (AvgIpc) is 1.86. The highest BCUT2D eigenvalue weighted by Crippen LogP contribution is 1.67. The summed E-state index contributed by atoms with van der Waals surface area (Å²) < 4.78 is 0. The number of hydrogen-bond donors (Lipinski definition) is 2. The standard InChI is InChI=1S/CH5B2N3/c1-6-3-4-2-5-6/h4-5H,1H3. The van der Waals surface area contributed by atoms with Crippen LogP contribution in [-0.2, 0) is 0 Å². The molecule has 0 unspecified atom stereocenters. The molecule has 1 heterocycles. The molecule has 0 amide bonds. The van der Waals surface area contributed by atoms with Crippen molar-refractivity contribution in [2.75, 3.05) is 7.05 Å². The number of hydrogen-bond acceptors (Lipinski definition) is 3. The molecule has 2 N–H and O–H groups in total. The summed E-state index contributed by atoms with van der Waals surface area (Å²) in [6.45, 7) is 0. The minimum Gasteiger partial charge on any atom is -0.376 e. The Hall–Kier alpha value is 0.00987. The van der Waals surface area contributed by atoms with Crippen LogP contribution < -0.4 is 10.5 Å². The summed E-state index contributed by atoms with van der Waals surface area (Å²) in [5, 5.41) is 5.70. The molecule has 0 aromatic carbocycles. The molecule has 2 radical (unpaired) electrons. The van der Waals surface area contributed by atoms with Gasteiger partial charge in [0.2, 0.25) is 0 Å². The van der Waals surface area contributed by atoms with Crippen LogP contribution in [-0.4, -0.2) is 27.1 Å². The van der Waals surface area contributed by atoms with E-state index in [9.17, 15) is 0 Å². The van der Waals surface area contributed by atoms with E-state index < -0.39 is 0 Å². The zero-order valence-corrected chi connectivity index (χ0v) is 3.60. The van der Waals surface area contributed by atoms with Crippen LogP contribution in [0, 0.1) is 0 Å². The summed E-state index contributed by atoms with van der Waals surface area (Å²) in [7, 11) is 5.48. The predicted molar refractivity (Wildman–Crippen MR) is 25.5 cm³/mol. The van der Waals surface area contributed by atoms with Gasteiger partial charge in [-0.3, -0.25) is 10.3 Å². The van der Waals surface area contributed by atoms with Crippen LogP contribution in [0.3, 0.4) is 0 Å². The van der Waals surface area contributed by atoms with Crippen molar-refractivity contribution in [3.8, 4) is 0 Å². The van der Waals surface area contributed by atoms with E-state index in [2.05, 4.69) is 10.5 Å². The number of rotatable bonds is 0. The van der Waals surface area contributed by atoms with Crippen molar-refractivity contribution in [2.45, 2.75) is 0 Å². The second-order valence-corrected chi connectivity index (χ2v) is 1.18. The molecule has 0 spiro atoms. The van der Waals surface area contributed by atoms with Gasteiger partial charge in [-0.15, -0.1) is 0 Å². The smallest absolute Gasteiger partial charge is 0.312 e. The van der Waals surface area contributed by atoms with Crippen LogP contribution >= 0.6 is 0 Å². The summed E-state index contributed by atoms with van der Waals surface area (Å²) in [5.74, 6) is 0. The van der Waals surface area contributed by atoms with Gasteiger partial charge >= 0.3 is 15.1 Å². The van der Waals surface area contributed by atoms with Gasteiger partial charge in [0.05, 0.1) is 0 Å². The molecule has 30 valence electrons. The first-order chi connectivity index (χ1) is 2.89. The van der Waals surface area contributed by atoms with Crippen molar-refractivity contribution in [1.82, 2.24) is 15.4 Å². The highest BCUT2D eigenvalue weighted by molar-refractivity contribution is 6.51. The zero-order chi connectivity index (χ0) is 4.41. The minimum absolute atomic E-state index is 1.75. The topological polar surface area (TPSA) is 27.3 Å². The lowest BCUT2D eigenvalue weighted by Crippen LogP contribution is -2.28. The normalized spacial score (nSPS) is 22.8. The SMILES string of the molecule is CN1[B]N[B]N1. The van der Waals surface area contributed by atoms with E-state index in [0.717, 1.165) is 0 Å². The summed E-state index contributed by atoms with van der Waals surface area (Å²) >= 11 is 0. The van der Waals surface area contributed by atoms with Gasteiger partial charge in [-0.2, -0.15) is 0 Å². The van der Waals surface area contributed by atoms with Crippen LogP contribution in [0.25, 0.3) is 0 Å². The Morgan fingerprint density at radius 3 is 2.67 bits per heavy atom. The maximum absolute atomic E-state index is 2.86. The van der Waals surface area contributed by atoms with Crippen LogP contribution in [0.15, 0.2) is 0 Å². The molecule has 1 rings (SSSR count). The quantitative estimate of drug-likeness (QED) is 0.333. The highest BCUT2D eigenvalue weighted by Gasteiger charge is 2.06. The van der Waals surface area contributed by atoms with E-state index in [0.29, 0.717) is 0 Å². The first-order valence-corrected chi connectivity index (χ1v) is 1.80. The molecule has 1 aliphatic heterocycles.